The van der Waals surface area contributed by atoms with Gasteiger partial charge in [-0.1, -0.05) is 23.7 Å². The van der Waals surface area contributed by atoms with E-state index in [-0.39, 0.29) is 30.3 Å². The van der Waals surface area contributed by atoms with Crippen LogP contribution >= 0.6 is 11.6 Å². The van der Waals surface area contributed by atoms with Crippen LogP contribution in [0.5, 0.6) is 0 Å². The van der Waals surface area contributed by atoms with Crippen LogP contribution in [0.4, 0.5) is 4.39 Å². The summed E-state index contributed by atoms with van der Waals surface area (Å²) < 4.78 is 41.2. The number of benzene rings is 1. The zero-order chi connectivity index (χ0) is 15.3. The van der Waals surface area contributed by atoms with E-state index in [1.54, 1.807) is 30.6 Å². The molecule has 5 nitrogen and oxygen atoms in total. The van der Waals surface area contributed by atoms with Crippen LogP contribution in [0.3, 0.4) is 0 Å². The van der Waals surface area contributed by atoms with E-state index < -0.39 is 15.8 Å². The molecule has 2 aromatic rings. The first kappa shape index (κ1) is 15.9. The maximum Gasteiger partial charge on any atom is 0.213 e. The summed E-state index contributed by atoms with van der Waals surface area (Å²) in [5.74, 6) is -0.581. The Morgan fingerprint density at radius 1 is 1.33 bits per heavy atom. The van der Waals surface area contributed by atoms with Crippen LogP contribution in [0.1, 0.15) is 5.56 Å². The van der Waals surface area contributed by atoms with Gasteiger partial charge in [-0.2, -0.15) is 5.10 Å². The van der Waals surface area contributed by atoms with Crippen LogP contribution in [-0.2, 0) is 23.0 Å². The lowest BCUT2D eigenvalue weighted by molar-refractivity contribution is 0.565. The molecule has 21 heavy (non-hydrogen) atoms. The molecule has 0 bridgehead atoms. The molecule has 0 spiro atoms. The molecule has 1 aromatic carbocycles. The van der Waals surface area contributed by atoms with Gasteiger partial charge in [0, 0.05) is 18.9 Å². The molecule has 1 N–H and O–H groups in total. The second-order valence-electron chi connectivity index (χ2n) is 4.45. The van der Waals surface area contributed by atoms with Gasteiger partial charge in [-0.25, -0.2) is 17.5 Å². The highest BCUT2D eigenvalue weighted by atomic mass is 35.5. The topological polar surface area (TPSA) is 64.0 Å². The number of aromatic nitrogens is 2. The number of sulfonamides is 1. The Bertz CT molecular complexity index is 689. The zero-order valence-electron chi connectivity index (χ0n) is 11.2. The second-order valence-corrected chi connectivity index (χ2v) is 6.78. The summed E-state index contributed by atoms with van der Waals surface area (Å²) in [6, 6.07) is 6.39. The zero-order valence-corrected chi connectivity index (χ0v) is 12.7. The van der Waals surface area contributed by atoms with E-state index in [1.165, 1.54) is 10.7 Å². The summed E-state index contributed by atoms with van der Waals surface area (Å²) in [4.78, 5) is 0. The van der Waals surface area contributed by atoms with Crippen LogP contribution in [0.25, 0.3) is 0 Å². The van der Waals surface area contributed by atoms with Gasteiger partial charge in [0.05, 0.1) is 17.3 Å². The minimum Gasteiger partial charge on any atom is -0.272 e. The lowest BCUT2D eigenvalue weighted by atomic mass is 10.1. The Balaban J connectivity index is 1.83. The standard InChI is InChI=1S/C13H15ClFN3O2S/c14-12-4-1-3-11(13(12)15)5-7-17-21(19,20)10-9-18-8-2-6-16-18/h1-4,6,8,17H,5,7,9-10H2. The second kappa shape index (κ2) is 7.02. The predicted octanol–water partition coefficient (Wildman–Crippen LogP) is 1.84. The van der Waals surface area contributed by atoms with Crippen molar-refractivity contribution in [3.8, 4) is 0 Å². The molecule has 0 saturated heterocycles. The molecule has 1 aromatic heterocycles. The van der Waals surface area contributed by atoms with Crippen molar-refractivity contribution >= 4 is 21.6 Å². The van der Waals surface area contributed by atoms with Crippen molar-refractivity contribution in [1.29, 1.82) is 0 Å². The minimum atomic E-state index is -3.42. The Morgan fingerprint density at radius 2 is 2.14 bits per heavy atom. The van der Waals surface area contributed by atoms with Gasteiger partial charge in [0.2, 0.25) is 10.0 Å². The van der Waals surface area contributed by atoms with E-state index in [2.05, 4.69) is 9.82 Å². The first-order valence-corrected chi connectivity index (χ1v) is 8.38. The van der Waals surface area contributed by atoms with E-state index in [4.69, 9.17) is 11.6 Å². The van der Waals surface area contributed by atoms with Gasteiger partial charge in [-0.05, 0) is 24.1 Å². The lowest BCUT2D eigenvalue weighted by Crippen LogP contribution is -2.30. The largest absolute Gasteiger partial charge is 0.272 e. The van der Waals surface area contributed by atoms with Crippen molar-refractivity contribution in [3.05, 3.63) is 53.1 Å². The molecule has 8 heteroatoms. The normalized spacial score (nSPS) is 11.7. The number of aryl methyl sites for hydroxylation is 1. The molecule has 0 aliphatic carbocycles. The van der Waals surface area contributed by atoms with Gasteiger partial charge in [0.1, 0.15) is 5.82 Å². The van der Waals surface area contributed by atoms with Gasteiger partial charge in [-0.3, -0.25) is 4.68 Å². The predicted molar refractivity (Wildman–Crippen MR) is 79.1 cm³/mol. The molecule has 1 heterocycles. The van der Waals surface area contributed by atoms with Crippen molar-refractivity contribution in [2.24, 2.45) is 0 Å². The summed E-state index contributed by atoms with van der Waals surface area (Å²) in [6.07, 6.45) is 3.52. The first-order valence-electron chi connectivity index (χ1n) is 6.35. The van der Waals surface area contributed by atoms with Crippen LogP contribution < -0.4 is 4.72 Å². The van der Waals surface area contributed by atoms with Gasteiger partial charge >= 0.3 is 0 Å². The monoisotopic (exact) mass is 331 g/mol. The van der Waals surface area contributed by atoms with E-state index in [0.717, 1.165) is 0 Å². The highest BCUT2D eigenvalue weighted by Gasteiger charge is 2.11. The number of hydrogen-bond acceptors (Lipinski definition) is 3. The van der Waals surface area contributed by atoms with Crippen LogP contribution in [-0.4, -0.2) is 30.5 Å². The van der Waals surface area contributed by atoms with Crippen molar-refractivity contribution < 1.29 is 12.8 Å². The lowest BCUT2D eigenvalue weighted by Gasteiger charge is -2.08. The molecule has 0 aliphatic rings. The van der Waals surface area contributed by atoms with Crippen LogP contribution in [0.15, 0.2) is 36.7 Å². The molecule has 0 atom stereocenters. The fourth-order valence-electron chi connectivity index (χ4n) is 1.80. The summed E-state index contributed by atoms with van der Waals surface area (Å²) in [5.41, 5.74) is 0.386. The molecule has 114 valence electrons. The third-order valence-electron chi connectivity index (χ3n) is 2.90. The smallest absolute Gasteiger partial charge is 0.213 e. The molecule has 0 fully saturated rings. The molecule has 2 rings (SSSR count). The molecular weight excluding hydrogens is 317 g/mol. The molecule has 0 radical (unpaired) electrons. The Kier molecular flexibility index (Phi) is 5.33. The van der Waals surface area contributed by atoms with Gasteiger partial charge in [0.25, 0.3) is 0 Å². The number of halogens is 2. The third kappa shape index (κ3) is 4.80. The van der Waals surface area contributed by atoms with E-state index in [1.807, 2.05) is 0 Å². The van der Waals surface area contributed by atoms with Crippen LogP contribution in [0, 0.1) is 5.82 Å². The maximum absolute atomic E-state index is 13.6. The summed E-state index contributed by atoms with van der Waals surface area (Å²) in [6.45, 7) is 0.395. The van der Waals surface area contributed by atoms with E-state index >= 15 is 0 Å². The Labute approximate surface area is 127 Å². The Morgan fingerprint density at radius 3 is 2.86 bits per heavy atom. The fourth-order valence-corrected chi connectivity index (χ4v) is 2.98. The number of nitrogens with zero attached hydrogens (tertiary/aromatic N) is 2. The Hall–Kier alpha value is -1.44. The number of hydrogen-bond donors (Lipinski definition) is 1. The van der Waals surface area contributed by atoms with Gasteiger partial charge in [0.15, 0.2) is 0 Å². The molecule has 0 amide bonds. The minimum absolute atomic E-state index is 0.0361. The highest BCUT2D eigenvalue weighted by molar-refractivity contribution is 7.89. The van der Waals surface area contributed by atoms with E-state index in [0.29, 0.717) is 5.56 Å². The summed E-state index contributed by atoms with van der Waals surface area (Å²) >= 11 is 5.67. The van der Waals surface area contributed by atoms with Gasteiger partial charge in [-0.15, -0.1) is 0 Å². The molecule has 0 aliphatic heterocycles. The molecular formula is C13H15ClFN3O2S. The molecule has 0 unspecified atom stereocenters. The quantitative estimate of drug-likeness (QED) is 0.842. The van der Waals surface area contributed by atoms with Crippen molar-refractivity contribution in [2.75, 3.05) is 12.3 Å². The van der Waals surface area contributed by atoms with Crippen molar-refractivity contribution in [3.63, 3.8) is 0 Å². The average Bonchev–Trinajstić information content (AvgIpc) is 2.95. The number of nitrogens with one attached hydrogen (secondary N) is 1. The number of rotatable bonds is 7. The van der Waals surface area contributed by atoms with Crippen molar-refractivity contribution in [1.82, 2.24) is 14.5 Å². The van der Waals surface area contributed by atoms with Crippen LogP contribution in [0.2, 0.25) is 5.02 Å². The van der Waals surface area contributed by atoms with Crippen molar-refractivity contribution in [2.45, 2.75) is 13.0 Å². The average molecular weight is 332 g/mol. The summed E-state index contributed by atoms with van der Waals surface area (Å²) in [7, 11) is -3.42. The highest BCUT2D eigenvalue weighted by Crippen LogP contribution is 2.17. The molecule has 0 saturated carbocycles. The first-order chi connectivity index (χ1) is 9.98. The maximum atomic E-state index is 13.6. The SMILES string of the molecule is O=S(=O)(CCn1cccn1)NCCc1cccc(Cl)c1F. The fraction of sp³-hybridized carbons (Fsp3) is 0.308. The van der Waals surface area contributed by atoms with Gasteiger partial charge < -0.3 is 0 Å². The van der Waals surface area contributed by atoms with E-state index in [9.17, 15) is 12.8 Å². The third-order valence-corrected chi connectivity index (χ3v) is 4.55. The summed E-state index contributed by atoms with van der Waals surface area (Å²) in [5, 5.41) is 3.96.